The van der Waals surface area contributed by atoms with Crippen LogP contribution in [-0.4, -0.2) is 38.7 Å². The highest BCUT2D eigenvalue weighted by Gasteiger charge is 2.25. The van der Waals surface area contributed by atoms with Gasteiger partial charge in [-0.1, -0.05) is 49.5 Å². The fourth-order valence-electron chi connectivity index (χ4n) is 2.68. The maximum absolute atomic E-state index is 10.1. The van der Waals surface area contributed by atoms with Crippen molar-refractivity contribution in [3.63, 3.8) is 0 Å². The molecule has 2 rings (SSSR count). The minimum absolute atomic E-state index is 0.195. The van der Waals surface area contributed by atoms with Gasteiger partial charge in [-0.05, 0) is 48.5 Å². The quantitative estimate of drug-likeness (QED) is 0.550. The Hall–Kier alpha value is -2.13. The fourth-order valence-corrected chi connectivity index (χ4v) is 3.83. The maximum atomic E-state index is 10.1. The summed E-state index contributed by atoms with van der Waals surface area (Å²) < 4.78 is 11.4. The van der Waals surface area contributed by atoms with Crippen LogP contribution in [0.3, 0.4) is 0 Å². The van der Waals surface area contributed by atoms with Crippen molar-refractivity contribution >= 4 is 16.6 Å². The van der Waals surface area contributed by atoms with E-state index in [-0.39, 0.29) is 5.41 Å². The second-order valence-corrected chi connectivity index (χ2v) is 15.2. The van der Waals surface area contributed by atoms with Crippen LogP contribution >= 0.6 is 0 Å². The van der Waals surface area contributed by atoms with Gasteiger partial charge in [-0.15, -0.1) is 13.2 Å². The van der Waals surface area contributed by atoms with Gasteiger partial charge < -0.3 is 19.1 Å². The maximum Gasteiger partial charge on any atom is 0.247 e. The lowest BCUT2D eigenvalue weighted by Crippen LogP contribution is -2.36. The molecule has 0 aromatic heterocycles. The minimum Gasteiger partial charge on any atom is -0.494 e. The molecule has 0 aliphatic carbocycles. The van der Waals surface area contributed by atoms with Crippen molar-refractivity contribution in [2.45, 2.75) is 32.4 Å². The Balaban J connectivity index is 2.07. The van der Waals surface area contributed by atoms with Gasteiger partial charge >= 0.3 is 0 Å². The minimum atomic E-state index is -2.48. The zero-order valence-corrected chi connectivity index (χ0v) is 19.8. The first-order chi connectivity index (χ1) is 13.5. The van der Waals surface area contributed by atoms with Gasteiger partial charge in [0.2, 0.25) is 16.6 Å². The van der Waals surface area contributed by atoms with Crippen LogP contribution < -0.4 is 9.47 Å². The van der Waals surface area contributed by atoms with E-state index in [4.69, 9.17) is 9.47 Å². The average molecular weight is 429 g/mol. The van der Waals surface area contributed by atoms with Crippen molar-refractivity contribution in [1.29, 1.82) is 0 Å². The third-order valence-corrected chi connectivity index (χ3v) is 8.31. The van der Waals surface area contributed by atoms with E-state index in [0.29, 0.717) is 12.5 Å². The molecule has 2 unspecified atom stereocenters. The molecule has 2 N–H and O–H groups in total. The van der Waals surface area contributed by atoms with E-state index >= 15 is 0 Å². The molecule has 0 heterocycles. The van der Waals surface area contributed by atoms with Crippen molar-refractivity contribution in [2.24, 2.45) is 0 Å². The summed E-state index contributed by atoms with van der Waals surface area (Å²) in [4.78, 5) is 20.2. The molecule has 0 fully saturated rings. The van der Waals surface area contributed by atoms with Gasteiger partial charge in [-0.3, -0.25) is 0 Å². The smallest absolute Gasteiger partial charge is 0.247 e. The largest absolute Gasteiger partial charge is 0.494 e. The molecular formula is C23H32O4Si2. The highest BCUT2D eigenvalue weighted by atomic mass is 28.4. The number of hydrogen-bond acceptors (Lipinski definition) is 4. The topological polar surface area (TPSA) is 58.9 Å². The van der Waals surface area contributed by atoms with Crippen LogP contribution in [0.15, 0.2) is 73.1 Å². The summed E-state index contributed by atoms with van der Waals surface area (Å²) in [7, 11) is -4.96. The van der Waals surface area contributed by atoms with Crippen LogP contribution in [0.4, 0.5) is 0 Å². The Kier molecular flexibility index (Phi) is 7.29. The monoisotopic (exact) mass is 428 g/mol. The van der Waals surface area contributed by atoms with Gasteiger partial charge in [0, 0.05) is 5.41 Å². The van der Waals surface area contributed by atoms with E-state index in [1.165, 1.54) is 0 Å². The summed E-state index contributed by atoms with van der Waals surface area (Å²) in [5, 5.41) is 0. The summed E-state index contributed by atoms with van der Waals surface area (Å²) >= 11 is 0. The summed E-state index contributed by atoms with van der Waals surface area (Å²) in [6.07, 6.45) is 0.588. The second kappa shape index (κ2) is 9.13. The van der Waals surface area contributed by atoms with Crippen molar-refractivity contribution in [1.82, 2.24) is 0 Å². The molecule has 2 aromatic carbocycles. The summed E-state index contributed by atoms with van der Waals surface area (Å²) in [6, 6.07) is 15.9. The molecule has 0 aliphatic heterocycles. The normalized spacial score (nSPS) is 15.7. The van der Waals surface area contributed by atoms with Crippen molar-refractivity contribution in [3.05, 3.63) is 84.2 Å². The lowest BCUT2D eigenvalue weighted by atomic mass is 9.78. The van der Waals surface area contributed by atoms with E-state index in [1.54, 1.807) is 24.5 Å². The van der Waals surface area contributed by atoms with Gasteiger partial charge in [0.25, 0.3) is 0 Å². The predicted molar refractivity (Wildman–Crippen MR) is 124 cm³/mol. The second-order valence-electron chi connectivity index (χ2n) is 8.37. The number of rotatable bonds is 10. The average Bonchev–Trinajstić information content (AvgIpc) is 2.71. The first kappa shape index (κ1) is 23.2. The third kappa shape index (κ3) is 6.43. The Bertz CT molecular complexity index is 755. The SMILES string of the molecule is C=C[Si](C)(O)COc1ccc(C(C)(C)c2ccc(OC[Si](C)(O)C=C)cc2)cc1. The van der Waals surface area contributed by atoms with E-state index < -0.39 is 16.6 Å². The van der Waals surface area contributed by atoms with Crippen LogP contribution in [0.1, 0.15) is 25.0 Å². The standard InChI is InChI=1S/C23H32O4Si2/c1-7-28(5,24)17-26-21-13-9-19(10-14-21)23(3,4)20-11-15-22(16-12-20)27-18-29(6,25)8-2/h7-16,24-25H,1-2,17-18H2,3-6H3. The highest BCUT2D eigenvalue weighted by molar-refractivity contribution is 6.76. The molecule has 156 valence electrons. The molecule has 0 saturated carbocycles. The molecular weight excluding hydrogens is 396 g/mol. The van der Waals surface area contributed by atoms with Gasteiger partial charge in [0.1, 0.15) is 24.0 Å². The Morgan fingerprint density at radius 2 is 1.07 bits per heavy atom. The van der Waals surface area contributed by atoms with Gasteiger partial charge in [-0.2, -0.15) is 0 Å². The highest BCUT2D eigenvalue weighted by Crippen LogP contribution is 2.33. The summed E-state index contributed by atoms with van der Waals surface area (Å²) in [5.74, 6) is 1.47. The molecule has 0 saturated heterocycles. The lowest BCUT2D eigenvalue weighted by molar-refractivity contribution is 0.351. The van der Waals surface area contributed by atoms with Crippen LogP contribution in [0, 0.1) is 0 Å². The third-order valence-electron chi connectivity index (χ3n) is 5.09. The molecule has 29 heavy (non-hydrogen) atoms. The van der Waals surface area contributed by atoms with Crippen LogP contribution in [0.25, 0.3) is 0 Å². The predicted octanol–water partition coefficient (Wildman–Crippen LogP) is 4.43. The lowest BCUT2D eigenvalue weighted by Gasteiger charge is -2.27. The summed E-state index contributed by atoms with van der Waals surface area (Å²) in [6.45, 7) is 15.3. The molecule has 0 radical (unpaired) electrons. The van der Waals surface area contributed by atoms with Crippen molar-refractivity contribution < 1.29 is 19.1 Å². The number of hydrogen-bond donors (Lipinski definition) is 2. The van der Waals surface area contributed by atoms with Crippen LogP contribution in [0.2, 0.25) is 13.1 Å². The zero-order chi connectivity index (χ0) is 21.7. The van der Waals surface area contributed by atoms with Crippen LogP contribution in [0.5, 0.6) is 11.5 Å². The van der Waals surface area contributed by atoms with Crippen molar-refractivity contribution in [3.8, 4) is 11.5 Å². The Labute approximate surface area is 176 Å². The van der Waals surface area contributed by atoms with E-state index in [2.05, 4.69) is 51.3 Å². The number of ether oxygens (including phenoxy) is 2. The molecule has 2 atom stereocenters. The molecule has 0 aliphatic rings. The van der Waals surface area contributed by atoms with Gasteiger partial charge in [0.05, 0.1) is 0 Å². The first-order valence-corrected chi connectivity index (χ1v) is 15.1. The van der Waals surface area contributed by atoms with Gasteiger partial charge in [-0.25, -0.2) is 0 Å². The zero-order valence-electron chi connectivity index (χ0n) is 17.8. The molecule has 6 heteroatoms. The van der Waals surface area contributed by atoms with Crippen LogP contribution in [-0.2, 0) is 5.41 Å². The van der Waals surface area contributed by atoms with Gasteiger partial charge in [0.15, 0.2) is 0 Å². The molecule has 0 spiro atoms. The number of benzene rings is 2. The molecule has 0 bridgehead atoms. The fraction of sp³-hybridized carbons (Fsp3) is 0.304. The molecule has 2 aromatic rings. The first-order valence-electron chi connectivity index (χ1n) is 9.68. The molecule has 0 amide bonds. The van der Waals surface area contributed by atoms with E-state index in [9.17, 15) is 9.59 Å². The Morgan fingerprint density at radius 1 is 0.759 bits per heavy atom. The Morgan fingerprint density at radius 3 is 1.34 bits per heavy atom. The summed E-state index contributed by atoms with van der Waals surface area (Å²) in [5.41, 5.74) is 5.35. The van der Waals surface area contributed by atoms with E-state index in [1.807, 2.05) is 24.3 Å². The van der Waals surface area contributed by atoms with Crippen molar-refractivity contribution in [2.75, 3.05) is 12.5 Å². The molecule has 4 nitrogen and oxygen atoms in total. The van der Waals surface area contributed by atoms with E-state index in [0.717, 1.165) is 22.6 Å².